The molecule has 0 aliphatic heterocycles. The average Bonchev–Trinajstić information content (AvgIpc) is 2.24. The smallest absolute Gasteiger partial charge is 0.00255 e. The lowest BCUT2D eigenvalue weighted by Crippen LogP contribution is -2.29. The predicted molar refractivity (Wildman–Crippen MR) is 92.8 cm³/mol. The van der Waals surface area contributed by atoms with Crippen LogP contribution in [0.1, 0.15) is 81.6 Å². The number of hydrogen-bond donors (Lipinski definition) is 1. The molecule has 0 amide bonds. The van der Waals surface area contributed by atoms with E-state index < -0.39 is 0 Å². The van der Waals surface area contributed by atoms with E-state index in [1.807, 2.05) is 0 Å². The number of nitrogens with two attached hydrogens (primary N) is 1. The van der Waals surface area contributed by atoms with E-state index in [1.165, 1.54) is 12.8 Å². The van der Waals surface area contributed by atoms with E-state index in [1.54, 1.807) is 0 Å². The normalized spacial score (nSPS) is 15.1. The van der Waals surface area contributed by atoms with E-state index in [9.17, 15) is 0 Å². The first-order valence-corrected chi connectivity index (χ1v) is 8.15. The van der Waals surface area contributed by atoms with Gasteiger partial charge in [-0.25, -0.2) is 0 Å². The summed E-state index contributed by atoms with van der Waals surface area (Å²) in [4.78, 5) is 0. The van der Waals surface area contributed by atoms with Gasteiger partial charge in [0.05, 0.1) is 0 Å². The Kier molecular flexibility index (Phi) is 6.54. The van der Waals surface area contributed by atoms with Crippen molar-refractivity contribution < 1.29 is 0 Å². The first kappa shape index (κ1) is 19.7. The van der Waals surface area contributed by atoms with Gasteiger partial charge >= 0.3 is 0 Å². The fourth-order valence-corrected chi connectivity index (χ4v) is 3.23. The minimum atomic E-state index is 0.205. The van der Waals surface area contributed by atoms with Crippen LogP contribution in [0.3, 0.4) is 0 Å². The molecule has 0 unspecified atom stereocenters. The summed E-state index contributed by atoms with van der Waals surface area (Å²) >= 11 is 0. The Hall–Kier alpha value is -0.300. The van der Waals surface area contributed by atoms with Gasteiger partial charge in [0.1, 0.15) is 0 Å². The molecule has 0 saturated carbocycles. The highest BCUT2D eigenvalue weighted by Crippen LogP contribution is 2.39. The highest BCUT2D eigenvalue weighted by molar-refractivity contribution is 5.04. The summed E-state index contributed by atoms with van der Waals surface area (Å²) in [7, 11) is 0. The highest BCUT2D eigenvalue weighted by Gasteiger charge is 2.29. The Balaban J connectivity index is 4.82. The molecule has 0 aliphatic rings. The second-order valence-electron chi connectivity index (χ2n) is 9.55. The van der Waals surface area contributed by atoms with E-state index >= 15 is 0 Å². The number of hydrogen-bond acceptors (Lipinski definition) is 1. The molecular weight excluding hydrogens is 242 g/mol. The molecule has 20 heavy (non-hydrogen) atoms. The van der Waals surface area contributed by atoms with Crippen molar-refractivity contribution in [1.82, 2.24) is 0 Å². The molecule has 0 aromatic carbocycles. The number of rotatable bonds is 8. The second-order valence-corrected chi connectivity index (χ2v) is 9.55. The lowest BCUT2D eigenvalue weighted by Gasteiger charge is -2.35. The summed E-state index contributed by atoms with van der Waals surface area (Å²) in [5, 5.41) is 0. The molecule has 0 aliphatic carbocycles. The van der Waals surface area contributed by atoms with Crippen molar-refractivity contribution in [3.8, 4) is 0 Å². The monoisotopic (exact) mass is 281 g/mol. The summed E-state index contributed by atoms with van der Waals surface area (Å²) in [5.41, 5.74) is 6.95. The van der Waals surface area contributed by atoms with Crippen LogP contribution in [-0.4, -0.2) is 6.54 Å². The van der Waals surface area contributed by atoms with Crippen LogP contribution in [-0.2, 0) is 0 Å². The molecule has 0 fully saturated rings. The summed E-state index contributed by atoms with van der Waals surface area (Å²) in [6, 6.07) is 0. The van der Waals surface area contributed by atoms with Gasteiger partial charge in [-0.1, -0.05) is 80.9 Å². The molecular formula is C19H39N. The van der Waals surface area contributed by atoms with Crippen molar-refractivity contribution >= 4 is 0 Å². The molecule has 120 valence electrons. The summed E-state index contributed by atoms with van der Waals surface area (Å²) in [6.07, 6.45) is 8.42. The second kappa shape index (κ2) is 6.64. The van der Waals surface area contributed by atoms with Crippen LogP contribution in [0.5, 0.6) is 0 Å². The summed E-state index contributed by atoms with van der Waals surface area (Å²) in [5.74, 6) is 0. The molecule has 1 heteroatoms. The lowest BCUT2D eigenvalue weighted by molar-refractivity contribution is 0.222. The molecule has 0 heterocycles. The zero-order valence-corrected chi connectivity index (χ0v) is 15.6. The minimum absolute atomic E-state index is 0.205. The Morgan fingerprint density at radius 3 is 1.35 bits per heavy atom. The maximum atomic E-state index is 5.87. The molecule has 0 radical (unpaired) electrons. The van der Waals surface area contributed by atoms with Crippen LogP contribution in [0.25, 0.3) is 0 Å². The van der Waals surface area contributed by atoms with Crippen LogP contribution in [0.4, 0.5) is 0 Å². The summed E-state index contributed by atoms with van der Waals surface area (Å²) in [6.45, 7) is 21.6. The molecule has 2 N–H and O–H groups in total. The maximum absolute atomic E-state index is 5.87. The molecule has 0 saturated heterocycles. The van der Waals surface area contributed by atoms with Crippen LogP contribution in [0.15, 0.2) is 12.2 Å². The third-order valence-electron chi connectivity index (χ3n) is 4.36. The fraction of sp³-hybridized carbons (Fsp3) is 0.895. The SMILES string of the molecule is CCC(C)(C)CC(C)(C)/C=C\C(C)(C)CC(C)(C)CN. The zero-order chi connectivity index (χ0) is 16.2. The van der Waals surface area contributed by atoms with Crippen molar-refractivity contribution in [3.63, 3.8) is 0 Å². The Labute approximate surface area is 128 Å². The van der Waals surface area contributed by atoms with Crippen molar-refractivity contribution in [2.45, 2.75) is 81.6 Å². The topological polar surface area (TPSA) is 26.0 Å². The molecule has 0 aromatic heterocycles. The van der Waals surface area contributed by atoms with Gasteiger partial charge < -0.3 is 5.73 Å². The zero-order valence-electron chi connectivity index (χ0n) is 15.6. The first-order chi connectivity index (χ1) is 8.74. The van der Waals surface area contributed by atoms with Crippen LogP contribution >= 0.6 is 0 Å². The van der Waals surface area contributed by atoms with Crippen LogP contribution < -0.4 is 5.73 Å². The van der Waals surface area contributed by atoms with Gasteiger partial charge in [0, 0.05) is 0 Å². The van der Waals surface area contributed by atoms with E-state index in [2.05, 4.69) is 74.5 Å². The largest absolute Gasteiger partial charge is 0.330 e. The van der Waals surface area contributed by atoms with Crippen molar-refractivity contribution in [2.24, 2.45) is 27.4 Å². The Bertz CT molecular complexity index is 287. The van der Waals surface area contributed by atoms with Gasteiger partial charge in [-0.3, -0.25) is 0 Å². The lowest BCUT2D eigenvalue weighted by atomic mass is 9.71. The van der Waals surface area contributed by atoms with E-state index in [0.717, 1.165) is 13.0 Å². The standard InChI is InChI=1S/C19H39N/c1-10-16(2,3)13-17(4,5)11-12-18(6,7)14-19(8,9)15-20/h11-12H,10,13-15,20H2,1-9H3/b12-11-. The van der Waals surface area contributed by atoms with Crippen molar-refractivity contribution in [1.29, 1.82) is 0 Å². The van der Waals surface area contributed by atoms with E-state index in [0.29, 0.717) is 5.41 Å². The van der Waals surface area contributed by atoms with Gasteiger partial charge in [0.25, 0.3) is 0 Å². The van der Waals surface area contributed by atoms with Gasteiger partial charge in [-0.05, 0) is 41.0 Å². The van der Waals surface area contributed by atoms with Crippen molar-refractivity contribution in [3.05, 3.63) is 12.2 Å². The Morgan fingerprint density at radius 2 is 1.05 bits per heavy atom. The third kappa shape index (κ3) is 8.09. The van der Waals surface area contributed by atoms with Gasteiger partial charge in [0.2, 0.25) is 0 Å². The quantitative estimate of drug-likeness (QED) is 0.559. The molecule has 0 spiro atoms. The van der Waals surface area contributed by atoms with Crippen molar-refractivity contribution in [2.75, 3.05) is 6.54 Å². The molecule has 0 aromatic rings. The minimum Gasteiger partial charge on any atom is -0.330 e. The third-order valence-corrected chi connectivity index (χ3v) is 4.36. The molecule has 0 bridgehead atoms. The van der Waals surface area contributed by atoms with Crippen LogP contribution in [0.2, 0.25) is 0 Å². The van der Waals surface area contributed by atoms with E-state index in [4.69, 9.17) is 5.73 Å². The summed E-state index contributed by atoms with van der Waals surface area (Å²) < 4.78 is 0. The average molecular weight is 282 g/mol. The Morgan fingerprint density at radius 1 is 0.700 bits per heavy atom. The number of allylic oxidation sites excluding steroid dienone is 2. The fourth-order valence-electron chi connectivity index (χ4n) is 3.23. The highest BCUT2D eigenvalue weighted by atomic mass is 14.6. The predicted octanol–water partition coefficient (Wildman–Crippen LogP) is 5.80. The first-order valence-electron chi connectivity index (χ1n) is 8.15. The molecule has 1 nitrogen and oxygen atoms in total. The van der Waals surface area contributed by atoms with E-state index in [-0.39, 0.29) is 16.2 Å². The van der Waals surface area contributed by atoms with Gasteiger partial charge in [-0.2, -0.15) is 0 Å². The van der Waals surface area contributed by atoms with Gasteiger partial charge in [0.15, 0.2) is 0 Å². The van der Waals surface area contributed by atoms with Crippen LogP contribution in [0, 0.1) is 21.7 Å². The molecule has 0 rings (SSSR count). The maximum Gasteiger partial charge on any atom is -0.00255 e. The van der Waals surface area contributed by atoms with Gasteiger partial charge in [-0.15, -0.1) is 0 Å². The molecule has 0 atom stereocenters.